The van der Waals surface area contributed by atoms with Gasteiger partial charge in [0.15, 0.2) is 0 Å². The largest absolute Gasteiger partial charge is 0.322 e. The number of anilines is 2. The van der Waals surface area contributed by atoms with Crippen molar-refractivity contribution in [2.24, 2.45) is 0 Å². The fourth-order valence-corrected chi connectivity index (χ4v) is 5.40. The Morgan fingerprint density at radius 2 is 1.88 bits per heavy atom. The minimum atomic E-state index is -0.0973. The van der Waals surface area contributed by atoms with E-state index in [1.165, 1.54) is 24.9 Å². The Morgan fingerprint density at radius 1 is 0.971 bits per heavy atom. The first kappa shape index (κ1) is 22.4. The molecule has 1 fully saturated rings. The van der Waals surface area contributed by atoms with Gasteiger partial charge in [-0.3, -0.25) is 9.78 Å². The van der Waals surface area contributed by atoms with Gasteiger partial charge in [-0.05, 0) is 98.3 Å². The molecule has 0 bridgehead atoms. The Balaban J connectivity index is 1.37. The highest BCUT2D eigenvalue weighted by atomic mass is 32.2. The lowest BCUT2D eigenvalue weighted by Gasteiger charge is -2.22. The maximum Gasteiger partial charge on any atom is 0.255 e. The number of fused-ring (bicyclic) bond motifs is 1. The van der Waals surface area contributed by atoms with E-state index in [0.29, 0.717) is 5.56 Å². The van der Waals surface area contributed by atoms with Crippen LogP contribution >= 0.6 is 11.9 Å². The van der Waals surface area contributed by atoms with Crippen LogP contribution in [-0.4, -0.2) is 28.2 Å². The number of carbonyl (C=O) groups is 1. The number of aryl methyl sites for hydroxylation is 2. The van der Waals surface area contributed by atoms with Crippen LogP contribution in [0.1, 0.15) is 40.7 Å². The van der Waals surface area contributed by atoms with Crippen LogP contribution in [-0.2, 0) is 0 Å². The minimum Gasteiger partial charge on any atom is -0.322 e. The highest BCUT2D eigenvalue weighted by molar-refractivity contribution is 8.00. The summed E-state index contributed by atoms with van der Waals surface area (Å²) in [6.45, 7) is 5.12. The molecule has 0 radical (unpaired) electrons. The number of carbonyl (C=O) groups excluding carboxylic acids is 1. The Labute approximate surface area is 204 Å². The molecule has 1 amide bonds. The smallest absolute Gasteiger partial charge is 0.255 e. The molecule has 3 heterocycles. The van der Waals surface area contributed by atoms with E-state index in [2.05, 4.69) is 33.7 Å². The van der Waals surface area contributed by atoms with Crippen LogP contribution in [0.5, 0.6) is 0 Å². The number of nitrogens with one attached hydrogen (secondary N) is 1. The van der Waals surface area contributed by atoms with Gasteiger partial charge >= 0.3 is 0 Å². The molecule has 4 aromatic rings. The van der Waals surface area contributed by atoms with Crippen LogP contribution in [0.15, 0.2) is 67.0 Å². The van der Waals surface area contributed by atoms with Crippen molar-refractivity contribution in [1.82, 2.24) is 9.97 Å². The summed E-state index contributed by atoms with van der Waals surface area (Å²) in [7, 11) is 0. The fraction of sp³-hybridized carbons (Fsp3) is 0.250. The highest BCUT2D eigenvalue weighted by Gasteiger charge is 2.15. The third-order valence-corrected chi connectivity index (χ3v) is 7.43. The third kappa shape index (κ3) is 4.77. The summed E-state index contributed by atoms with van der Waals surface area (Å²) in [6, 6.07) is 18.0. The molecule has 0 spiro atoms. The number of benzene rings is 2. The Morgan fingerprint density at radius 3 is 2.76 bits per heavy atom. The van der Waals surface area contributed by atoms with Crippen molar-refractivity contribution in [3.05, 3.63) is 83.7 Å². The quantitative estimate of drug-likeness (QED) is 0.334. The normalized spacial score (nSPS) is 14.1. The van der Waals surface area contributed by atoms with E-state index in [9.17, 15) is 4.79 Å². The number of aromatic nitrogens is 2. The predicted molar refractivity (Wildman–Crippen MR) is 142 cm³/mol. The van der Waals surface area contributed by atoms with Crippen molar-refractivity contribution in [3.63, 3.8) is 0 Å². The van der Waals surface area contributed by atoms with E-state index in [1.54, 1.807) is 6.20 Å². The first-order valence-corrected chi connectivity index (χ1v) is 12.7. The average molecular weight is 469 g/mol. The van der Waals surface area contributed by atoms with Gasteiger partial charge in [-0.15, -0.1) is 0 Å². The van der Waals surface area contributed by atoms with Crippen LogP contribution < -0.4 is 9.62 Å². The van der Waals surface area contributed by atoms with Crippen molar-refractivity contribution in [1.29, 1.82) is 0 Å². The molecule has 34 heavy (non-hydrogen) atoms. The summed E-state index contributed by atoms with van der Waals surface area (Å²) in [6.07, 6.45) is 7.34. The van der Waals surface area contributed by atoms with E-state index in [-0.39, 0.29) is 5.91 Å². The second-order valence-corrected chi connectivity index (χ2v) is 9.85. The maximum absolute atomic E-state index is 13.1. The van der Waals surface area contributed by atoms with Crippen LogP contribution in [0.4, 0.5) is 11.4 Å². The summed E-state index contributed by atoms with van der Waals surface area (Å²) in [4.78, 5) is 22.1. The number of hydrogen-bond acceptors (Lipinski definition) is 5. The molecule has 2 aromatic carbocycles. The number of rotatable bonds is 4. The van der Waals surface area contributed by atoms with Gasteiger partial charge in [0, 0.05) is 52.6 Å². The van der Waals surface area contributed by atoms with E-state index < -0.39 is 0 Å². The maximum atomic E-state index is 13.1. The fourth-order valence-electron chi connectivity index (χ4n) is 4.32. The summed E-state index contributed by atoms with van der Waals surface area (Å²) < 4.78 is 2.36. The molecule has 2 aromatic heterocycles. The van der Waals surface area contributed by atoms with Crippen LogP contribution in [0.3, 0.4) is 0 Å². The molecule has 172 valence electrons. The van der Waals surface area contributed by atoms with Gasteiger partial charge in [0.2, 0.25) is 0 Å². The van der Waals surface area contributed by atoms with Gasteiger partial charge in [0.1, 0.15) is 0 Å². The molecule has 6 heteroatoms. The second-order valence-electron chi connectivity index (χ2n) is 8.74. The summed E-state index contributed by atoms with van der Waals surface area (Å²) >= 11 is 1.89. The third-order valence-electron chi connectivity index (χ3n) is 6.26. The summed E-state index contributed by atoms with van der Waals surface area (Å²) in [5.74, 6) is 1.06. The Hall–Kier alpha value is -3.38. The first-order valence-electron chi connectivity index (χ1n) is 11.7. The molecule has 1 aliphatic rings. The van der Waals surface area contributed by atoms with Crippen LogP contribution in [0.2, 0.25) is 0 Å². The molecule has 1 saturated heterocycles. The zero-order chi connectivity index (χ0) is 23.5. The Bertz CT molecular complexity index is 1350. The topological polar surface area (TPSA) is 58.1 Å². The molecular formula is C28H28N4OS. The zero-order valence-electron chi connectivity index (χ0n) is 19.5. The molecule has 5 nitrogen and oxygen atoms in total. The monoisotopic (exact) mass is 468 g/mol. The average Bonchev–Trinajstić information content (AvgIpc) is 3.14. The lowest BCUT2D eigenvalue weighted by atomic mass is 10.0. The van der Waals surface area contributed by atoms with Crippen LogP contribution in [0.25, 0.3) is 22.2 Å². The van der Waals surface area contributed by atoms with Crippen molar-refractivity contribution in [2.45, 2.75) is 33.1 Å². The molecule has 0 saturated carbocycles. The molecule has 0 aliphatic carbocycles. The first-order chi connectivity index (χ1) is 16.6. The minimum absolute atomic E-state index is 0.0973. The van der Waals surface area contributed by atoms with Gasteiger partial charge in [0.25, 0.3) is 5.91 Å². The number of amides is 1. The van der Waals surface area contributed by atoms with Gasteiger partial charge in [-0.25, -0.2) is 4.98 Å². The van der Waals surface area contributed by atoms with Gasteiger partial charge in [-0.1, -0.05) is 12.5 Å². The lowest BCUT2D eigenvalue weighted by Crippen LogP contribution is -2.17. The van der Waals surface area contributed by atoms with Crippen molar-refractivity contribution >= 4 is 40.1 Å². The standard InChI is InChI=1S/C28H28N4OS/c1-19-6-8-22(17-25(19)27-11-7-21-18-29-13-12-26(21)31-27)30-28(33)24-10-9-23(16-20(24)2)32-14-4-3-5-15-34-32/h6-13,16-18H,3-5,14-15H2,1-2H3,(H,30,33). The van der Waals surface area contributed by atoms with Gasteiger partial charge in [-0.2, -0.15) is 0 Å². The zero-order valence-corrected chi connectivity index (χ0v) is 20.4. The number of hydrogen-bond donors (Lipinski definition) is 1. The van der Waals surface area contributed by atoms with Crippen molar-refractivity contribution in [2.75, 3.05) is 21.9 Å². The molecule has 0 atom stereocenters. The Kier molecular flexibility index (Phi) is 6.50. The predicted octanol–water partition coefficient (Wildman–Crippen LogP) is 6.80. The van der Waals surface area contributed by atoms with E-state index in [0.717, 1.165) is 51.3 Å². The van der Waals surface area contributed by atoms with Crippen molar-refractivity contribution in [3.8, 4) is 11.3 Å². The van der Waals surface area contributed by atoms with Crippen LogP contribution in [0, 0.1) is 13.8 Å². The van der Waals surface area contributed by atoms with Gasteiger partial charge < -0.3 is 9.62 Å². The second kappa shape index (κ2) is 9.85. The summed E-state index contributed by atoms with van der Waals surface area (Å²) in [5, 5.41) is 4.09. The van der Waals surface area contributed by atoms with E-state index >= 15 is 0 Å². The van der Waals surface area contributed by atoms with Crippen molar-refractivity contribution < 1.29 is 4.79 Å². The lowest BCUT2D eigenvalue weighted by molar-refractivity contribution is 0.102. The highest BCUT2D eigenvalue weighted by Crippen LogP contribution is 2.30. The summed E-state index contributed by atoms with van der Waals surface area (Å²) in [5.41, 5.74) is 7.50. The molecule has 0 unspecified atom stereocenters. The van der Waals surface area contributed by atoms with Gasteiger partial charge in [0.05, 0.1) is 11.2 Å². The van der Waals surface area contributed by atoms with E-state index in [1.807, 2.05) is 67.5 Å². The molecule has 1 N–H and O–H groups in total. The number of nitrogens with zero attached hydrogens (tertiary/aromatic N) is 3. The molecule has 5 rings (SSSR count). The SMILES string of the molecule is Cc1cc(N2CCCCCS2)ccc1C(=O)Nc1ccc(C)c(-c2ccc3cnccc3n2)c1. The number of pyridine rings is 2. The molecule has 1 aliphatic heterocycles. The van der Waals surface area contributed by atoms with E-state index in [4.69, 9.17) is 4.98 Å². The molecular weight excluding hydrogens is 440 g/mol.